The van der Waals surface area contributed by atoms with Crippen molar-refractivity contribution in [3.8, 4) is 5.88 Å². The molecule has 2 aromatic rings. The number of nitrogens with one attached hydrogen (secondary N) is 2. The highest BCUT2D eigenvalue weighted by molar-refractivity contribution is 6.05. The van der Waals surface area contributed by atoms with Crippen LogP contribution in [0.3, 0.4) is 0 Å². The zero-order chi connectivity index (χ0) is 24.3. The topological polar surface area (TPSA) is 128 Å². The molecule has 1 amide bonds. The van der Waals surface area contributed by atoms with E-state index in [1.807, 2.05) is 20.0 Å². The van der Waals surface area contributed by atoms with Crippen LogP contribution in [-0.4, -0.2) is 102 Å². The predicted molar refractivity (Wildman–Crippen MR) is 129 cm³/mol. The number of allylic oxidation sites excluding steroid dienone is 1. The first kappa shape index (κ1) is 23.7. The Balaban J connectivity index is 1.72. The molecule has 2 bridgehead atoms. The number of carbonyl (C=O) groups excluding carboxylic acids is 1. The lowest BCUT2D eigenvalue weighted by molar-refractivity contribution is -0.135. The molecule has 4 rings (SSSR count). The fourth-order valence-corrected chi connectivity index (χ4v) is 3.82. The van der Waals surface area contributed by atoms with Crippen LogP contribution in [0.4, 0.5) is 5.82 Å². The maximum absolute atomic E-state index is 12.6. The van der Waals surface area contributed by atoms with E-state index in [2.05, 4.69) is 30.2 Å². The van der Waals surface area contributed by atoms with Crippen molar-refractivity contribution in [1.29, 1.82) is 0 Å². The van der Waals surface area contributed by atoms with Gasteiger partial charge in [0, 0.05) is 59.0 Å². The predicted octanol–water partition coefficient (Wildman–Crippen LogP) is 1.49. The van der Waals surface area contributed by atoms with Crippen LogP contribution in [0.15, 0.2) is 34.9 Å². The molecule has 3 N–H and O–H groups in total. The number of aliphatic imine (C=N–C) groups is 1. The third kappa shape index (κ3) is 4.90. The molecule has 11 heteroatoms. The second-order valence-corrected chi connectivity index (χ2v) is 8.70. The molecule has 1 unspecified atom stereocenters. The van der Waals surface area contributed by atoms with Crippen LogP contribution < -0.4 is 5.32 Å². The summed E-state index contributed by atoms with van der Waals surface area (Å²) in [6, 6.07) is 0. The molecular formula is C23H31N7O4. The smallest absolute Gasteiger partial charge is 0.260 e. The van der Waals surface area contributed by atoms with Crippen molar-refractivity contribution >= 4 is 29.0 Å². The summed E-state index contributed by atoms with van der Waals surface area (Å²) in [7, 11) is 5.38. The van der Waals surface area contributed by atoms with Crippen LogP contribution in [0, 0.1) is 0 Å². The minimum atomic E-state index is -0.702. The number of H-pyrrole nitrogens is 1. The Bertz CT molecular complexity index is 1160. The molecule has 0 saturated heterocycles. The molecular weight excluding hydrogens is 438 g/mol. The summed E-state index contributed by atoms with van der Waals surface area (Å²) in [6.07, 6.45) is 7.23. The highest BCUT2D eigenvalue weighted by atomic mass is 16.5. The second kappa shape index (κ2) is 9.82. The Labute approximate surface area is 198 Å². The molecule has 1 aliphatic heterocycles. The average Bonchev–Trinajstić information content (AvgIpc) is 3.16. The van der Waals surface area contributed by atoms with Crippen LogP contribution in [0.1, 0.15) is 18.9 Å². The lowest BCUT2D eigenvalue weighted by atomic mass is 9.93. The maximum atomic E-state index is 12.6. The van der Waals surface area contributed by atoms with Gasteiger partial charge in [0.2, 0.25) is 0 Å². The molecule has 0 radical (unpaired) electrons. The van der Waals surface area contributed by atoms with Gasteiger partial charge in [-0.3, -0.25) is 9.79 Å². The van der Waals surface area contributed by atoms with Crippen LogP contribution in [-0.2, 0) is 14.3 Å². The van der Waals surface area contributed by atoms with E-state index in [0.717, 1.165) is 6.54 Å². The number of aromatic nitrogens is 3. The Kier molecular flexibility index (Phi) is 6.85. The van der Waals surface area contributed by atoms with Gasteiger partial charge in [-0.2, -0.15) is 0 Å². The summed E-state index contributed by atoms with van der Waals surface area (Å²) in [4.78, 5) is 32.5. The van der Waals surface area contributed by atoms with E-state index in [0.29, 0.717) is 59.9 Å². The van der Waals surface area contributed by atoms with E-state index in [-0.39, 0.29) is 18.4 Å². The summed E-state index contributed by atoms with van der Waals surface area (Å²) in [5.41, 5.74) is 0.935. The van der Waals surface area contributed by atoms with Gasteiger partial charge < -0.3 is 34.7 Å². The monoisotopic (exact) mass is 469 g/mol. The van der Waals surface area contributed by atoms with Gasteiger partial charge in [-0.05, 0) is 14.0 Å². The number of methoxy groups -OCH3 is 1. The van der Waals surface area contributed by atoms with Crippen LogP contribution >= 0.6 is 0 Å². The molecule has 1 atom stereocenters. The fourth-order valence-electron chi connectivity index (χ4n) is 3.82. The largest absolute Gasteiger partial charge is 0.494 e. The van der Waals surface area contributed by atoms with Crippen LogP contribution in [0.5, 0.6) is 5.88 Å². The fraction of sp³-hybridized carbons (Fsp3) is 0.478. The molecule has 0 saturated carbocycles. The normalized spacial score (nSPS) is 22.9. The second-order valence-electron chi connectivity index (χ2n) is 8.70. The van der Waals surface area contributed by atoms with Gasteiger partial charge in [0.25, 0.3) is 5.91 Å². The van der Waals surface area contributed by atoms with Crippen molar-refractivity contribution in [2.75, 3.05) is 59.3 Å². The number of aromatic hydroxyl groups is 1. The Morgan fingerprint density at radius 1 is 1.24 bits per heavy atom. The lowest BCUT2D eigenvalue weighted by Crippen LogP contribution is -2.39. The van der Waals surface area contributed by atoms with Gasteiger partial charge in [0.15, 0.2) is 12.5 Å². The molecule has 182 valence electrons. The molecule has 2 aliphatic rings. The van der Waals surface area contributed by atoms with E-state index in [1.54, 1.807) is 31.3 Å². The number of rotatable bonds is 1. The highest BCUT2D eigenvalue weighted by Crippen LogP contribution is 2.33. The molecule has 1 aliphatic carbocycles. The molecule has 3 heterocycles. The van der Waals surface area contributed by atoms with Gasteiger partial charge in [-0.15, -0.1) is 0 Å². The molecule has 0 spiro atoms. The highest BCUT2D eigenvalue weighted by Gasteiger charge is 2.33. The van der Waals surface area contributed by atoms with E-state index in [1.165, 1.54) is 6.33 Å². The number of hydrogen-bond donors (Lipinski definition) is 3. The molecule has 34 heavy (non-hydrogen) atoms. The Morgan fingerprint density at radius 3 is 2.85 bits per heavy atom. The molecule has 0 fully saturated rings. The Hall–Kier alpha value is -3.44. The van der Waals surface area contributed by atoms with Gasteiger partial charge >= 0.3 is 0 Å². The number of carbonyl (C=O) groups is 1. The van der Waals surface area contributed by atoms with Gasteiger partial charge in [0.1, 0.15) is 29.2 Å². The summed E-state index contributed by atoms with van der Waals surface area (Å²) in [5.74, 6) is 0.977. The van der Waals surface area contributed by atoms with Gasteiger partial charge in [0.05, 0.1) is 16.6 Å². The van der Waals surface area contributed by atoms with Gasteiger partial charge in [-0.1, -0.05) is 6.08 Å². The number of aromatic amines is 1. The minimum absolute atomic E-state index is 0.0407. The SMILES string of the molecule is COC1(C)CC=C2C=C1OCC(=O)N(C)CCN(C)CCNc1ncnc3[nH]c(O)c(c13)C=N2. The zero-order valence-electron chi connectivity index (χ0n) is 20.0. The quantitative estimate of drug-likeness (QED) is 0.573. The first-order valence-electron chi connectivity index (χ1n) is 11.2. The number of ether oxygens (including phenoxy) is 2. The number of nitrogens with zero attached hydrogens (tertiary/aromatic N) is 5. The summed E-state index contributed by atoms with van der Waals surface area (Å²) < 4.78 is 11.6. The summed E-state index contributed by atoms with van der Waals surface area (Å²) in [5, 5.41) is 14.5. The van der Waals surface area contributed by atoms with E-state index in [4.69, 9.17) is 9.47 Å². The third-order valence-corrected chi connectivity index (χ3v) is 6.28. The lowest BCUT2D eigenvalue weighted by Gasteiger charge is -2.32. The number of anilines is 1. The average molecular weight is 470 g/mol. The minimum Gasteiger partial charge on any atom is -0.494 e. The first-order valence-corrected chi connectivity index (χ1v) is 11.2. The third-order valence-electron chi connectivity index (χ3n) is 6.28. The first-order chi connectivity index (χ1) is 16.3. The number of hydrogen-bond acceptors (Lipinski definition) is 9. The molecule has 11 nitrogen and oxygen atoms in total. The standard InChI is InChI=1S/C23H31N7O4/c1-23(33-4)6-5-15-11-17(23)34-13-18(31)30(3)10-9-29(2)8-7-24-20-19-16(12-25-15)22(32)28-21(19)27-14-26-20/h5,11-12,14,32H,6-10,13H2,1-4H3,(H2,24,26,27,28). The summed E-state index contributed by atoms with van der Waals surface area (Å²) >= 11 is 0. The number of likely N-dealkylation sites (N-methyl/N-ethyl adjacent to an activating group) is 2. The summed E-state index contributed by atoms with van der Waals surface area (Å²) in [6.45, 7) is 4.45. The van der Waals surface area contributed by atoms with Crippen molar-refractivity contribution in [3.05, 3.63) is 35.5 Å². The van der Waals surface area contributed by atoms with Crippen LogP contribution in [0.2, 0.25) is 0 Å². The van der Waals surface area contributed by atoms with Crippen molar-refractivity contribution in [1.82, 2.24) is 24.8 Å². The van der Waals surface area contributed by atoms with E-state index < -0.39 is 5.60 Å². The maximum Gasteiger partial charge on any atom is 0.260 e. The zero-order valence-corrected chi connectivity index (χ0v) is 20.0. The number of fused-ring (bicyclic) bond motifs is 1. The van der Waals surface area contributed by atoms with E-state index >= 15 is 0 Å². The number of amides is 1. The van der Waals surface area contributed by atoms with Crippen molar-refractivity contribution in [2.45, 2.75) is 18.9 Å². The van der Waals surface area contributed by atoms with Gasteiger partial charge in [-0.25, -0.2) is 9.97 Å². The van der Waals surface area contributed by atoms with E-state index in [9.17, 15) is 9.90 Å². The molecule has 2 aromatic heterocycles. The van der Waals surface area contributed by atoms with Crippen molar-refractivity contribution in [3.63, 3.8) is 0 Å². The molecule has 0 aromatic carbocycles. The van der Waals surface area contributed by atoms with Crippen molar-refractivity contribution in [2.24, 2.45) is 4.99 Å². The Morgan fingerprint density at radius 2 is 2.06 bits per heavy atom. The van der Waals surface area contributed by atoms with Crippen LogP contribution in [0.25, 0.3) is 11.0 Å². The van der Waals surface area contributed by atoms with Crippen molar-refractivity contribution < 1.29 is 19.4 Å².